The Morgan fingerprint density at radius 2 is 1.32 bits per heavy atom. The van der Waals surface area contributed by atoms with Gasteiger partial charge in [-0.25, -0.2) is 29.9 Å². The van der Waals surface area contributed by atoms with Crippen LogP contribution in [0.4, 0.5) is 0 Å². The van der Waals surface area contributed by atoms with Gasteiger partial charge in [-0.3, -0.25) is 0 Å². The van der Waals surface area contributed by atoms with E-state index in [4.69, 9.17) is 34.2 Å². The molecule has 1 aliphatic carbocycles. The second-order valence-electron chi connectivity index (χ2n) is 8.48. The first-order valence-corrected chi connectivity index (χ1v) is 14.1. The minimum Gasteiger partial charge on any atom is -0.769 e. The van der Waals surface area contributed by atoms with Gasteiger partial charge in [-0.1, -0.05) is 59.8 Å². The van der Waals surface area contributed by atoms with Crippen LogP contribution in [-0.2, 0) is 12.3 Å². The Bertz CT molecular complexity index is 368. The summed E-state index contributed by atoms with van der Waals surface area (Å²) >= 11 is 1.62. The van der Waals surface area contributed by atoms with Gasteiger partial charge in [0.25, 0.3) is 0 Å². The molecule has 1 rings (SSSR count). The van der Waals surface area contributed by atoms with Crippen LogP contribution in [-0.4, -0.2) is 0 Å². The number of rotatable bonds is 0. The van der Waals surface area contributed by atoms with Gasteiger partial charge in [0, 0.05) is 0 Å². The van der Waals surface area contributed by atoms with Crippen LogP contribution in [0.2, 0.25) is 0 Å². The molecule has 152 valence electrons. The topological polar surface area (TPSA) is 23.1 Å². The Balaban J connectivity index is -0.000000402. The average molecular weight is 471 g/mol. The van der Waals surface area contributed by atoms with Crippen LogP contribution in [0.25, 0.3) is 0 Å². The van der Waals surface area contributed by atoms with E-state index in [2.05, 4.69) is 99.3 Å². The summed E-state index contributed by atoms with van der Waals surface area (Å²) in [5.74, 6) is 3.54. The van der Waals surface area contributed by atoms with Crippen molar-refractivity contribution in [3.63, 3.8) is 0 Å². The fourth-order valence-electron chi connectivity index (χ4n) is 2.17. The maximum Gasteiger partial charge on any atom is -0.231 e. The zero-order valence-corrected chi connectivity index (χ0v) is 21.6. The van der Waals surface area contributed by atoms with Crippen molar-refractivity contribution in [3.8, 4) is 0 Å². The van der Waals surface area contributed by atoms with E-state index in [0.717, 1.165) is 0 Å². The molecule has 1 aliphatic rings. The number of halogens is 4. The smallest absolute Gasteiger partial charge is 0.231 e. The molecule has 0 heterocycles. The van der Waals surface area contributed by atoms with Crippen molar-refractivity contribution in [2.45, 2.75) is 69.2 Å². The van der Waals surface area contributed by atoms with Gasteiger partial charge in [0.2, 0.25) is 0 Å². The standard InChI is InChI=1S/C15H25.C4H9.ClO.3ClH.V/c1-11-8-9-12(14(2,3)4)13(10-11)15(5,6)7;1-4(2)3;1-2;;;;/h8-10,13H,1-7H3;1-3H3;;3*1H;/q3*-1;;;;+3/p-3. The minimum atomic E-state index is -1.77. The second kappa shape index (κ2) is 15.0. The molecule has 0 aliphatic heterocycles. The summed E-state index contributed by atoms with van der Waals surface area (Å²) in [6.45, 7) is 22.3. The van der Waals surface area contributed by atoms with Gasteiger partial charge in [-0.15, -0.1) is 11.6 Å². The van der Waals surface area contributed by atoms with E-state index in [1.165, 1.54) is 11.5 Å². The van der Waals surface area contributed by atoms with Crippen LogP contribution in [0.3, 0.4) is 0 Å². The quantitative estimate of drug-likeness (QED) is 0.329. The number of hydrogen-bond acceptors (Lipinski definition) is 1. The Morgan fingerprint density at radius 3 is 1.56 bits per heavy atom. The third-order valence-corrected chi connectivity index (χ3v) is 3.09. The Hall–Kier alpha value is 1.05. The molecule has 0 amide bonds. The molecule has 0 spiro atoms. The van der Waals surface area contributed by atoms with Crippen LogP contribution >= 0.6 is 41.4 Å². The molecule has 6 heteroatoms. The Kier molecular flexibility index (Phi) is 18.5. The molecule has 1 nitrogen and oxygen atoms in total. The van der Waals surface area contributed by atoms with Crippen molar-refractivity contribution in [2.24, 2.45) is 16.7 Å². The van der Waals surface area contributed by atoms with E-state index >= 15 is 0 Å². The summed E-state index contributed by atoms with van der Waals surface area (Å²) in [5.41, 5.74) is 1.98. The average Bonchev–Trinajstić information content (AvgIpc) is 2.37. The van der Waals surface area contributed by atoms with Crippen molar-refractivity contribution in [3.05, 3.63) is 35.6 Å². The molecular weight excluding hydrogens is 437 g/mol. The molecule has 0 aromatic carbocycles. The molecule has 0 aromatic heterocycles. The van der Waals surface area contributed by atoms with Gasteiger partial charge in [0.1, 0.15) is 0 Å². The first-order chi connectivity index (χ1) is 11.1. The van der Waals surface area contributed by atoms with Gasteiger partial charge in [-0.05, 0) is 5.41 Å². The predicted molar refractivity (Wildman–Crippen MR) is 112 cm³/mol. The molecule has 0 N–H and O–H groups in total. The van der Waals surface area contributed by atoms with E-state index in [0.29, 0.717) is 11.3 Å². The van der Waals surface area contributed by atoms with Crippen LogP contribution in [0.5, 0.6) is 0 Å². The Labute approximate surface area is 179 Å². The zero-order chi connectivity index (χ0) is 21.0. The van der Waals surface area contributed by atoms with Gasteiger partial charge in [0.15, 0.2) is 0 Å². The SMILES string of the molecule is CC1=CC(C(C)(C)C)[C-](C(C)(C)C)C=C1.C[C-](C)C.[Cl][V]([Cl])[Cl].[O-]Cl. The summed E-state index contributed by atoms with van der Waals surface area (Å²) in [4.78, 5) is 0. The zero-order valence-electron chi connectivity index (χ0n) is 17.2. The molecule has 1 atom stereocenters. The summed E-state index contributed by atoms with van der Waals surface area (Å²) in [6.07, 6.45) is 6.98. The maximum atomic E-state index is 7.72. The monoisotopic (exact) mass is 469 g/mol. The van der Waals surface area contributed by atoms with Gasteiger partial charge < -0.3 is 10.6 Å². The normalized spacial score (nSPS) is 16.9. The molecule has 0 aromatic rings. The van der Waals surface area contributed by atoms with Crippen LogP contribution in [0.1, 0.15) is 69.2 Å². The number of allylic oxidation sites excluding steroid dienone is 4. The van der Waals surface area contributed by atoms with E-state index in [9.17, 15) is 0 Å². The largest absolute Gasteiger partial charge is 0.769 e. The summed E-state index contributed by atoms with van der Waals surface area (Å²) in [6, 6.07) is 0. The van der Waals surface area contributed by atoms with E-state index in [1.54, 1.807) is 5.92 Å². The molecule has 0 saturated carbocycles. The fraction of sp³-hybridized carbons (Fsp3) is 0.684. The maximum absolute atomic E-state index is 7.72. The second-order valence-corrected chi connectivity index (χ2v) is 15.4. The third-order valence-electron chi connectivity index (χ3n) is 3.09. The van der Waals surface area contributed by atoms with E-state index < -0.39 is 12.3 Å². The molecular formula is C19H34Cl4OV-3. The van der Waals surface area contributed by atoms with Crippen molar-refractivity contribution in [1.82, 2.24) is 0 Å². The van der Waals surface area contributed by atoms with Crippen molar-refractivity contribution in [1.29, 1.82) is 0 Å². The number of hydrogen-bond donors (Lipinski definition) is 0. The minimum absolute atomic E-state index is 0.269. The third kappa shape index (κ3) is 19.6. The predicted octanol–water partition coefficient (Wildman–Crippen LogP) is 7.97. The van der Waals surface area contributed by atoms with Crippen LogP contribution in [0, 0.1) is 28.6 Å². The van der Waals surface area contributed by atoms with Crippen LogP contribution < -0.4 is 4.66 Å². The van der Waals surface area contributed by atoms with Gasteiger partial charge in [-0.2, -0.15) is 20.8 Å². The molecule has 0 radical (unpaired) electrons. The first kappa shape index (κ1) is 30.8. The molecule has 0 bridgehead atoms. The van der Waals surface area contributed by atoms with Gasteiger partial charge >= 0.3 is 41.8 Å². The van der Waals surface area contributed by atoms with E-state index in [1.807, 2.05) is 0 Å². The molecule has 1 unspecified atom stereocenters. The molecule has 25 heavy (non-hydrogen) atoms. The fourth-order valence-corrected chi connectivity index (χ4v) is 2.17. The van der Waals surface area contributed by atoms with E-state index in [-0.39, 0.29) is 5.41 Å². The summed E-state index contributed by atoms with van der Waals surface area (Å²) in [7, 11) is 14.9. The molecule has 0 saturated heterocycles. The van der Waals surface area contributed by atoms with Crippen LogP contribution in [0.15, 0.2) is 23.8 Å². The molecule has 0 fully saturated rings. The van der Waals surface area contributed by atoms with Gasteiger partial charge in [0.05, 0.1) is 0 Å². The van der Waals surface area contributed by atoms with Crippen molar-refractivity contribution >= 4 is 41.4 Å². The Morgan fingerprint density at radius 1 is 1.00 bits per heavy atom. The first-order valence-electron chi connectivity index (χ1n) is 8.02. The van der Waals surface area contributed by atoms with Crippen molar-refractivity contribution < 1.29 is 16.9 Å². The van der Waals surface area contributed by atoms with Crippen molar-refractivity contribution in [2.75, 3.05) is 0 Å². The summed E-state index contributed by atoms with van der Waals surface area (Å²) < 4.78 is 7.72. The summed E-state index contributed by atoms with van der Waals surface area (Å²) in [5, 5.41) is 0.